The van der Waals surface area contributed by atoms with E-state index in [4.69, 9.17) is 0 Å². The topological polar surface area (TPSA) is 52.6 Å². The fourth-order valence-electron chi connectivity index (χ4n) is 0.555. The van der Waals surface area contributed by atoms with E-state index in [2.05, 4.69) is 4.18 Å². The Labute approximate surface area is 87.0 Å². The highest BCUT2D eigenvalue weighted by Crippen LogP contribution is 2.08. The molecule has 1 atom stereocenters. The van der Waals surface area contributed by atoms with Crippen molar-refractivity contribution in [2.75, 3.05) is 21.1 Å². The minimum absolute atomic E-state index is 0.329. The van der Waals surface area contributed by atoms with Gasteiger partial charge in [-0.3, -0.25) is 0 Å². The van der Waals surface area contributed by atoms with Gasteiger partial charge in [0.1, 0.15) is 17.1 Å². The summed E-state index contributed by atoms with van der Waals surface area (Å²) >= 11 is -2.47. The van der Waals surface area contributed by atoms with Crippen LogP contribution in [0.15, 0.2) is 30.3 Å². The molecule has 5 heteroatoms. The van der Waals surface area contributed by atoms with Gasteiger partial charge in [-0.1, -0.05) is 18.2 Å². The minimum atomic E-state index is -2.47. The van der Waals surface area contributed by atoms with E-state index in [9.17, 15) is 8.76 Å². The lowest BCUT2D eigenvalue weighted by Gasteiger charge is -2.05. The molecule has 0 aliphatic rings. The van der Waals surface area contributed by atoms with E-state index in [1.165, 1.54) is 0 Å². The molecule has 0 aliphatic heterocycles. The number of para-hydroxylation sites is 1. The largest absolute Gasteiger partial charge is 0.740 e. The quantitative estimate of drug-likeness (QED) is 0.693. The third kappa shape index (κ3) is 9.18. The molecule has 0 N–H and O–H groups in total. The molecular weight excluding hydrogens is 202 g/mol. The van der Waals surface area contributed by atoms with Crippen LogP contribution in [0.4, 0.5) is 0 Å². The zero-order chi connectivity index (χ0) is 11.0. The summed E-state index contributed by atoms with van der Waals surface area (Å²) in [6.07, 6.45) is 0. The molecule has 0 amide bonds. The summed E-state index contributed by atoms with van der Waals surface area (Å²) in [4.78, 5) is 2.00. The first-order chi connectivity index (χ1) is 6.52. The summed E-state index contributed by atoms with van der Waals surface area (Å²) in [5.41, 5.74) is 0. The average Bonchev–Trinajstić information content (AvgIpc) is 2.03. The standard InChI is InChI=1S/C6H6O3S.C3H9N/c7-10(8)9-6-4-2-1-3-5-6;1-4(2)3/h1-5H,(H,7,8);1-3H3/p-1. The minimum Gasteiger partial charge on any atom is -0.740 e. The Morgan fingerprint density at radius 2 is 1.64 bits per heavy atom. The van der Waals surface area contributed by atoms with Crippen molar-refractivity contribution in [1.29, 1.82) is 0 Å². The maximum absolute atomic E-state index is 9.95. The van der Waals surface area contributed by atoms with Crippen LogP contribution in [0.3, 0.4) is 0 Å². The van der Waals surface area contributed by atoms with Gasteiger partial charge in [-0.05, 0) is 33.3 Å². The molecule has 1 unspecified atom stereocenters. The van der Waals surface area contributed by atoms with Crippen LogP contribution in [0, 0.1) is 0 Å². The number of benzene rings is 1. The predicted octanol–water partition coefficient (Wildman–Crippen LogP) is 1.04. The van der Waals surface area contributed by atoms with Crippen molar-refractivity contribution < 1.29 is 12.9 Å². The number of hydrogen-bond donors (Lipinski definition) is 0. The van der Waals surface area contributed by atoms with Crippen LogP contribution in [0.1, 0.15) is 0 Å². The molecule has 0 fully saturated rings. The van der Waals surface area contributed by atoms with Gasteiger partial charge in [0.05, 0.1) is 0 Å². The first-order valence-electron chi connectivity index (χ1n) is 3.96. The lowest BCUT2D eigenvalue weighted by molar-refractivity contribution is 0.440. The number of nitrogens with zero attached hydrogens (tertiary/aromatic N) is 1. The molecule has 0 saturated carbocycles. The fraction of sp³-hybridized carbons (Fsp3) is 0.333. The molecule has 0 aromatic heterocycles. The van der Waals surface area contributed by atoms with Gasteiger partial charge in [0.25, 0.3) is 0 Å². The second kappa shape index (κ2) is 7.49. The van der Waals surface area contributed by atoms with E-state index in [-0.39, 0.29) is 0 Å². The van der Waals surface area contributed by atoms with E-state index in [0.717, 1.165) is 0 Å². The Hall–Kier alpha value is -0.910. The zero-order valence-electron chi connectivity index (χ0n) is 8.47. The summed E-state index contributed by atoms with van der Waals surface area (Å²) in [5, 5.41) is 0. The molecular formula is C9H14NO3S-. The summed E-state index contributed by atoms with van der Waals surface area (Å²) in [6.45, 7) is 0. The summed E-state index contributed by atoms with van der Waals surface area (Å²) in [7, 11) is 6.00. The van der Waals surface area contributed by atoms with E-state index < -0.39 is 11.4 Å². The Morgan fingerprint density at radius 1 is 1.21 bits per heavy atom. The van der Waals surface area contributed by atoms with Crippen LogP contribution in [0.5, 0.6) is 5.75 Å². The van der Waals surface area contributed by atoms with Gasteiger partial charge >= 0.3 is 0 Å². The smallest absolute Gasteiger partial charge is 0.139 e. The molecule has 0 saturated heterocycles. The Morgan fingerprint density at radius 3 is 2.00 bits per heavy atom. The Balaban J connectivity index is 0.000000364. The molecule has 1 aromatic rings. The lowest BCUT2D eigenvalue weighted by Crippen LogP contribution is -1.99. The van der Waals surface area contributed by atoms with E-state index in [1.807, 2.05) is 26.0 Å². The Bertz CT molecular complexity index is 261. The number of hydrogen-bond acceptors (Lipinski definition) is 4. The lowest BCUT2D eigenvalue weighted by atomic mass is 10.3. The normalized spacial score (nSPS) is 11.5. The molecule has 0 aliphatic carbocycles. The second-order valence-corrected chi connectivity index (χ2v) is 3.52. The Kier molecular flexibility index (Phi) is 7.00. The van der Waals surface area contributed by atoms with Gasteiger partial charge < -0.3 is 13.6 Å². The van der Waals surface area contributed by atoms with Crippen LogP contribution in [-0.2, 0) is 11.4 Å². The van der Waals surface area contributed by atoms with Crippen LogP contribution in [-0.4, -0.2) is 34.8 Å². The highest BCUT2D eigenvalue weighted by molar-refractivity contribution is 7.74. The molecule has 0 spiro atoms. The number of rotatable bonds is 2. The van der Waals surface area contributed by atoms with Crippen molar-refractivity contribution in [2.45, 2.75) is 0 Å². The molecule has 0 radical (unpaired) electrons. The monoisotopic (exact) mass is 216 g/mol. The van der Waals surface area contributed by atoms with Crippen LogP contribution in [0.25, 0.3) is 0 Å². The molecule has 4 nitrogen and oxygen atoms in total. The average molecular weight is 216 g/mol. The first-order valence-corrected chi connectivity index (χ1v) is 4.96. The van der Waals surface area contributed by atoms with Gasteiger partial charge in [-0.2, -0.15) is 0 Å². The van der Waals surface area contributed by atoms with Crippen LogP contribution < -0.4 is 4.18 Å². The SMILES string of the molecule is CN(C)C.O=S([O-])Oc1ccccc1. The maximum atomic E-state index is 9.95. The van der Waals surface area contributed by atoms with Gasteiger partial charge in [-0.15, -0.1) is 0 Å². The summed E-state index contributed by atoms with van der Waals surface area (Å²) in [6, 6.07) is 8.30. The van der Waals surface area contributed by atoms with Gasteiger partial charge in [-0.25, -0.2) is 4.21 Å². The zero-order valence-corrected chi connectivity index (χ0v) is 9.28. The predicted molar refractivity (Wildman–Crippen MR) is 55.6 cm³/mol. The van der Waals surface area contributed by atoms with Crippen molar-refractivity contribution in [3.63, 3.8) is 0 Å². The maximum Gasteiger partial charge on any atom is 0.139 e. The van der Waals surface area contributed by atoms with Crippen molar-refractivity contribution in [3.8, 4) is 5.75 Å². The second-order valence-electron chi connectivity index (χ2n) is 2.94. The molecule has 80 valence electrons. The third-order valence-electron chi connectivity index (χ3n) is 0.907. The van der Waals surface area contributed by atoms with Crippen molar-refractivity contribution in [2.24, 2.45) is 0 Å². The highest BCUT2D eigenvalue weighted by atomic mass is 32.2. The molecule has 14 heavy (non-hydrogen) atoms. The summed E-state index contributed by atoms with van der Waals surface area (Å²) < 4.78 is 24.2. The third-order valence-corrected chi connectivity index (χ3v) is 1.24. The van der Waals surface area contributed by atoms with E-state index >= 15 is 0 Å². The van der Waals surface area contributed by atoms with Crippen molar-refractivity contribution >= 4 is 11.4 Å². The van der Waals surface area contributed by atoms with Gasteiger partial charge in [0, 0.05) is 0 Å². The van der Waals surface area contributed by atoms with E-state index in [0.29, 0.717) is 5.75 Å². The van der Waals surface area contributed by atoms with E-state index in [1.54, 1.807) is 30.3 Å². The van der Waals surface area contributed by atoms with Crippen LogP contribution in [0.2, 0.25) is 0 Å². The first kappa shape index (κ1) is 13.1. The highest BCUT2D eigenvalue weighted by Gasteiger charge is 1.87. The molecule has 1 aromatic carbocycles. The fourth-order valence-corrected chi connectivity index (χ4v) is 0.823. The van der Waals surface area contributed by atoms with Gasteiger partial charge in [0.2, 0.25) is 0 Å². The van der Waals surface area contributed by atoms with Crippen molar-refractivity contribution in [3.05, 3.63) is 30.3 Å². The summed E-state index contributed by atoms with van der Waals surface area (Å²) in [5.74, 6) is 0.329. The van der Waals surface area contributed by atoms with Gasteiger partial charge in [0.15, 0.2) is 0 Å². The molecule has 1 rings (SSSR count). The molecule has 0 bridgehead atoms. The molecule has 0 heterocycles. The van der Waals surface area contributed by atoms with Crippen molar-refractivity contribution in [1.82, 2.24) is 4.90 Å². The van der Waals surface area contributed by atoms with Crippen LogP contribution >= 0.6 is 0 Å².